The fraction of sp³-hybridized carbons (Fsp3) is 0.641. The van der Waals surface area contributed by atoms with Crippen LogP contribution < -0.4 is 5.32 Å². The highest BCUT2D eigenvalue weighted by molar-refractivity contribution is 5.80. The zero-order chi connectivity index (χ0) is 34.2. The summed E-state index contributed by atoms with van der Waals surface area (Å²) < 4.78 is 28.9. The highest BCUT2D eigenvalue weighted by atomic mass is 19.1. The number of benzene rings is 2. The van der Waals surface area contributed by atoms with Crippen LogP contribution in [-0.4, -0.2) is 65.3 Å². The predicted octanol–water partition coefficient (Wildman–Crippen LogP) is 7.82. The van der Waals surface area contributed by atoms with E-state index < -0.39 is 11.6 Å². The van der Waals surface area contributed by atoms with Gasteiger partial charge in [-0.3, -0.25) is 14.5 Å². The summed E-state index contributed by atoms with van der Waals surface area (Å²) in [7, 11) is 0. The van der Waals surface area contributed by atoms with Gasteiger partial charge in [-0.2, -0.15) is 0 Å². The van der Waals surface area contributed by atoms with Crippen LogP contribution in [0.1, 0.15) is 121 Å². The predicted molar refractivity (Wildman–Crippen MR) is 183 cm³/mol. The van der Waals surface area contributed by atoms with Gasteiger partial charge in [0.15, 0.2) is 0 Å². The van der Waals surface area contributed by atoms with E-state index >= 15 is 4.39 Å². The van der Waals surface area contributed by atoms with Crippen LogP contribution in [0, 0.1) is 31.4 Å². The first kappa shape index (κ1) is 36.2. The number of carbonyl (C=O) groups is 2. The monoisotopic (exact) mass is 637 g/mol. The maximum atomic E-state index is 15.1. The summed E-state index contributed by atoms with van der Waals surface area (Å²) >= 11 is 0. The normalized spacial score (nSPS) is 23.1. The summed E-state index contributed by atoms with van der Waals surface area (Å²) in [6, 6.07) is 8.52. The molecule has 7 heteroatoms. The highest BCUT2D eigenvalue weighted by Crippen LogP contribution is 2.55. The van der Waals surface area contributed by atoms with Crippen molar-refractivity contribution < 1.29 is 18.4 Å². The molecule has 1 aliphatic carbocycles. The quantitative estimate of drug-likeness (QED) is 0.351. The zero-order valence-corrected chi connectivity index (χ0v) is 29.9. The number of amides is 1. The van der Waals surface area contributed by atoms with Crippen LogP contribution in [0.25, 0.3) is 0 Å². The molecule has 3 aliphatic rings. The second-order valence-electron chi connectivity index (χ2n) is 15.4. The van der Waals surface area contributed by atoms with Crippen LogP contribution in [0.15, 0.2) is 30.3 Å². The number of carbonyl (C=O) groups excluding carboxylic acids is 2. The van der Waals surface area contributed by atoms with E-state index in [4.69, 9.17) is 0 Å². The van der Waals surface area contributed by atoms with Gasteiger partial charge in [-0.1, -0.05) is 32.0 Å². The fourth-order valence-electron chi connectivity index (χ4n) is 8.17. The zero-order valence-electron chi connectivity index (χ0n) is 29.9. The first-order valence-corrected chi connectivity index (χ1v) is 17.4. The third-order valence-corrected chi connectivity index (χ3v) is 11.1. The van der Waals surface area contributed by atoms with Crippen molar-refractivity contribution in [3.63, 3.8) is 0 Å². The van der Waals surface area contributed by atoms with Crippen LogP contribution in [0.4, 0.5) is 8.78 Å². The van der Waals surface area contributed by atoms with Gasteiger partial charge in [0, 0.05) is 48.6 Å². The maximum absolute atomic E-state index is 15.1. The molecule has 5 rings (SSSR count). The van der Waals surface area contributed by atoms with E-state index in [0.717, 1.165) is 31.9 Å². The van der Waals surface area contributed by atoms with Crippen LogP contribution >= 0.6 is 0 Å². The molecule has 5 nitrogen and oxygen atoms in total. The minimum atomic E-state index is -0.595. The molecule has 0 aromatic heterocycles. The number of hydrogen-bond acceptors (Lipinski definition) is 4. The van der Waals surface area contributed by atoms with Gasteiger partial charge in [-0.15, -0.1) is 0 Å². The number of nitrogens with zero attached hydrogens (tertiary/aromatic N) is 2. The number of Topliss-reactive ketones (excluding diaryl/α,β-unsaturated/α-hetero) is 1. The smallest absolute Gasteiger partial charge is 0.227 e. The molecule has 254 valence electrons. The Morgan fingerprint density at radius 3 is 2.15 bits per heavy atom. The van der Waals surface area contributed by atoms with Crippen molar-refractivity contribution >= 4 is 11.7 Å². The van der Waals surface area contributed by atoms with Gasteiger partial charge >= 0.3 is 0 Å². The Bertz CT molecular complexity index is 1420. The molecule has 0 saturated carbocycles. The average Bonchev–Trinajstić information content (AvgIpc) is 3.30. The third-order valence-electron chi connectivity index (χ3n) is 11.1. The molecule has 3 atom stereocenters. The number of ketones is 1. The van der Waals surface area contributed by atoms with Gasteiger partial charge in [-0.25, -0.2) is 8.78 Å². The van der Waals surface area contributed by atoms with E-state index in [9.17, 15) is 14.0 Å². The van der Waals surface area contributed by atoms with Crippen molar-refractivity contribution in [1.29, 1.82) is 0 Å². The number of hydrogen-bond donors (Lipinski definition) is 1. The molecule has 1 N–H and O–H groups in total. The molecule has 2 fully saturated rings. The van der Waals surface area contributed by atoms with Crippen molar-refractivity contribution in [2.75, 3.05) is 32.7 Å². The Hall–Kier alpha value is -2.64. The second-order valence-corrected chi connectivity index (χ2v) is 15.4. The Morgan fingerprint density at radius 1 is 0.935 bits per heavy atom. The lowest BCUT2D eigenvalue weighted by Crippen LogP contribution is -2.55. The molecule has 2 saturated heterocycles. The minimum Gasteiger partial charge on any atom is -0.342 e. The van der Waals surface area contributed by atoms with Gasteiger partial charge in [0.1, 0.15) is 17.4 Å². The lowest BCUT2D eigenvalue weighted by molar-refractivity contribution is -0.140. The summed E-state index contributed by atoms with van der Waals surface area (Å²) in [6.07, 6.45) is 3.39. The van der Waals surface area contributed by atoms with Crippen molar-refractivity contribution in [1.82, 2.24) is 15.1 Å². The van der Waals surface area contributed by atoms with Gasteiger partial charge in [0.2, 0.25) is 5.91 Å². The number of rotatable bonds is 6. The molecule has 1 unspecified atom stereocenters. The number of nitrogens with one attached hydrogen (secondary N) is 1. The average molecular weight is 638 g/mol. The fourth-order valence-corrected chi connectivity index (χ4v) is 8.17. The molecule has 2 aromatic carbocycles. The summed E-state index contributed by atoms with van der Waals surface area (Å²) in [4.78, 5) is 30.6. The first-order valence-electron chi connectivity index (χ1n) is 17.4. The standard InChI is InChI=1S/C37H51F2N3O2.C2H6/c1-23-17-29-31(18-24(23)2)37(20-32(29)36(7,8)40-21-25(3)43)12-15-41(16-13-37)34(44)30-22-42(35(4,5)6)14-11-27(30)28-10-9-26(38)19-33(28)39;1-2/h9-10,17-19,27,30,32,40H,11-16,20-22H2,1-8H3;1-2H3/t27-,30+,32?;/m0./s1. The second kappa shape index (κ2) is 13.8. The molecular weight excluding hydrogens is 580 g/mol. The van der Waals surface area contributed by atoms with Crippen LogP contribution in [0.3, 0.4) is 0 Å². The molecular formula is C39H57F2N3O2. The van der Waals surface area contributed by atoms with Crippen LogP contribution in [0.2, 0.25) is 0 Å². The number of fused-ring (bicyclic) bond motifs is 2. The van der Waals surface area contributed by atoms with E-state index in [-0.39, 0.29) is 45.9 Å². The number of piperidine rings is 2. The summed E-state index contributed by atoms with van der Waals surface area (Å²) in [5.41, 5.74) is 5.38. The SMILES string of the molecule is CC.CC(=O)CNC(C)(C)C1CC2(CCN(C(=O)[C@@H]3CN(C(C)(C)C)CC[C@H]3c3ccc(F)cc3F)CC2)c2cc(C)c(C)cc21. The van der Waals surface area contributed by atoms with Gasteiger partial charge in [0.25, 0.3) is 0 Å². The van der Waals surface area contributed by atoms with Crippen molar-refractivity contribution in [2.45, 2.75) is 123 Å². The number of likely N-dealkylation sites (tertiary alicyclic amines) is 2. The van der Waals surface area contributed by atoms with Crippen molar-refractivity contribution in [2.24, 2.45) is 5.92 Å². The molecule has 1 amide bonds. The molecule has 1 spiro atoms. The molecule has 2 aromatic rings. The highest BCUT2D eigenvalue weighted by Gasteiger charge is 2.51. The topological polar surface area (TPSA) is 52.7 Å². The van der Waals surface area contributed by atoms with Crippen LogP contribution in [-0.2, 0) is 15.0 Å². The Morgan fingerprint density at radius 2 is 1.57 bits per heavy atom. The maximum Gasteiger partial charge on any atom is 0.227 e. The van der Waals surface area contributed by atoms with E-state index in [1.807, 2.05) is 18.7 Å². The molecule has 2 heterocycles. The van der Waals surface area contributed by atoms with Crippen molar-refractivity contribution in [3.8, 4) is 0 Å². The largest absolute Gasteiger partial charge is 0.342 e. The lowest BCUT2D eigenvalue weighted by atomic mass is 9.71. The number of aryl methyl sites for hydroxylation is 2. The molecule has 0 bridgehead atoms. The van der Waals surface area contributed by atoms with Gasteiger partial charge in [0.05, 0.1) is 12.5 Å². The molecule has 2 aliphatic heterocycles. The Kier molecular flexibility index (Phi) is 10.9. The van der Waals surface area contributed by atoms with Gasteiger partial charge < -0.3 is 10.2 Å². The van der Waals surface area contributed by atoms with Gasteiger partial charge in [-0.05, 0) is 127 Å². The Labute approximate surface area is 276 Å². The minimum absolute atomic E-state index is 0.0309. The van der Waals surface area contributed by atoms with Crippen LogP contribution in [0.5, 0.6) is 0 Å². The summed E-state index contributed by atoms with van der Waals surface area (Å²) in [5, 5.41) is 3.54. The lowest BCUT2D eigenvalue weighted by Gasteiger charge is -2.47. The van der Waals surface area contributed by atoms with E-state index in [0.29, 0.717) is 38.2 Å². The number of halogens is 2. The van der Waals surface area contributed by atoms with E-state index in [2.05, 4.69) is 70.8 Å². The van der Waals surface area contributed by atoms with E-state index in [1.165, 1.54) is 34.4 Å². The van der Waals surface area contributed by atoms with Crippen molar-refractivity contribution in [3.05, 3.63) is 69.8 Å². The summed E-state index contributed by atoms with van der Waals surface area (Å²) in [5.74, 6) is -1.36. The molecule has 0 radical (unpaired) electrons. The Balaban J connectivity index is 0.00000235. The van der Waals surface area contributed by atoms with E-state index in [1.54, 1.807) is 6.92 Å². The molecule has 46 heavy (non-hydrogen) atoms. The third kappa shape index (κ3) is 7.26. The summed E-state index contributed by atoms with van der Waals surface area (Å²) in [6.45, 7) is 23.8. The first-order chi connectivity index (χ1) is 21.5.